The van der Waals surface area contributed by atoms with Crippen molar-refractivity contribution >= 4 is 5.91 Å². The second-order valence-corrected chi connectivity index (χ2v) is 4.50. The Balaban J connectivity index is 4.23. The highest BCUT2D eigenvalue weighted by Gasteiger charge is 2.27. The van der Waals surface area contributed by atoms with Gasteiger partial charge in [-0.1, -0.05) is 20.8 Å². The largest absolute Gasteiger partial charge is 0.368 e. The van der Waals surface area contributed by atoms with Crippen molar-refractivity contribution in [1.29, 1.82) is 0 Å². The number of hydrogen-bond acceptors (Lipinski definition) is 3. The second-order valence-electron chi connectivity index (χ2n) is 4.50. The van der Waals surface area contributed by atoms with Gasteiger partial charge in [-0.25, -0.2) is 0 Å². The predicted octanol–water partition coefficient (Wildman–Crippen LogP) is 0.167. The zero-order valence-corrected chi connectivity index (χ0v) is 9.71. The van der Waals surface area contributed by atoms with Gasteiger partial charge in [-0.15, -0.1) is 0 Å². The van der Waals surface area contributed by atoms with Crippen LogP contribution in [0.15, 0.2) is 0 Å². The van der Waals surface area contributed by atoms with Crippen LogP contribution in [0.5, 0.6) is 0 Å². The average Bonchev–Trinajstić information content (AvgIpc) is 2.01. The molecule has 0 rings (SSSR count). The van der Waals surface area contributed by atoms with Crippen molar-refractivity contribution in [1.82, 2.24) is 4.90 Å². The molecule has 0 aliphatic heterocycles. The van der Waals surface area contributed by atoms with Crippen LogP contribution < -0.4 is 11.5 Å². The first kappa shape index (κ1) is 13.4. The SMILES string of the molecule is CCN(CC(C)C)CC(C)(N)C(N)=O. The molecule has 14 heavy (non-hydrogen) atoms. The van der Waals surface area contributed by atoms with E-state index >= 15 is 0 Å². The molecule has 0 heterocycles. The Bertz CT molecular complexity index is 190. The lowest BCUT2D eigenvalue weighted by Crippen LogP contribution is -2.57. The Kier molecular flexibility index (Phi) is 5.08. The molecule has 1 atom stereocenters. The van der Waals surface area contributed by atoms with Gasteiger partial charge in [0.25, 0.3) is 0 Å². The molecule has 0 spiro atoms. The average molecular weight is 201 g/mol. The minimum Gasteiger partial charge on any atom is -0.368 e. The van der Waals surface area contributed by atoms with E-state index in [9.17, 15) is 4.79 Å². The number of likely N-dealkylation sites (N-methyl/N-ethyl adjacent to an activating group) is 1. The Labute approximate surface area is 86.6 Å². The summed E-state index contributed by atoms with van der Waals surface area (Å²) >= 11 is 0. The van der Waals surface area contributed by atoms with Crippen LogP contribution >= 0.6 is 0 Å². The number of amides is 1. The molecule has 84 valence electrons. The molecule has 0 aromatic heterocycles. The van der Waals surface area contributed by atoms with Gasteiger partial charge in [0.15, 0.2) is 0 Å². The summed E-state index contributed by atoms with van der Waals surface area (Å²) in [5.74, 6) is 0.123. The fourth-order valence-electron chi connectivity index (χ4n) is 1.36. The van der Waals surface area contributed by atoms with Gasteiger partial charge in [0.2, 0.25) is 5.91 Å². The molecule has 4 heteroatoms. The predicted molar refractivity (Wildman–Crippen MR) is 58.7 cm³/mol. The minimum absolute atomic E-state index is 0.445. The molecular weight excluding hydrogens is 178 g/mol. The van der Waals surface area contributed by atoms with E-state index in [1.54, 1.807) is 6.92 Å². The zero-order chi connectivity index (χ0) is 11.4. The summed E-state index contributed by atoms with van der Waals surface area (Å²) in [6.07, 6.45) is 0. The molecule has 4 nitrogen and oxygen atoms in total. The quantitative estimate of drug-likeness (QED) is 0.643. The number of carbonyl (C=O) groups excluding carboxylic acids is 1. The fourth-order valence-corrected chi connectivity index (χ4v) is 1.36. The summed E-state index contributed by atoms with van der Waals surface area (Å²) < 4.78 is 0. The van der Waals surface area contributed by atoms with Crippen molar-refractivity contribution in [2.45, 2.75) is 33.2 Å². The first-order chi connectivity index (χ1) is 6.29. The van der Waals surface area contributed by atoms with Crippen LogP contribution in [0, 0.1) is 5.92 Å². The first-order valence-corrected chi connectivity index (χ1v) is 5.10. The second kappa shape index (κ2) is 5.32. The van der Waals surface area contributed by atoms with Crippen LogP contribution in [0.2, 0.25) is 0 Å². The molecule has 0 aliphatic rings. The van der Waals surface area contributed by atoms with Crippen LogP contribution in [0.25, 0.3) is 0 Å². The highest BCUT2D eigenvalue weighted by molar-refractivity contribution is 5.84. The van der Waals surface area contributed by atoms with Crippen molar-refractivity contribution in [2.24, 2.45) is 17.4 Å². The van der Waals surface area contributed by atoms with E-state index in [-0.39, 0.29) is 0 Å². The lowest BCUT2D eigenvalue weighted by atomic mass is 10.0. The molecular formula is C10H23N3O. The molecule has 0 saturated carbocycles. The van der Waals surface area contributed by atoms with Gasteiger partial charge in [0.05, 0.1) is 0 Å². The molecule has 0 fully saturated rings. The Morgan fingerprint density at radius 3 is 2.29 bits per heavy atom. The maximum atomic E-state index is 11.0. The molecule has 0 radical (unpaired) electrons. The van der Waals surface area contributed by atoms with Crippen LogP contribution in [0.3, 0.4) is 0 Å². The summed E-state index contributed by atoms with van der Waals surface area (Å²) in [6.45, 7) is 10.4. The highest BCUT2D eigenvalue weighted by atomic mass is 16.1. The summed E-state index contributed by atoms with van der Waals surface area (Å²) in [7, 11) is 0. The molecule has 4 N–H and O–H groups in total. The van der Waals surface area contributed by atoms with Gasteiger partial charge < -0.3 is 16.4 Å². The Morgan fingerprint density at radius 2 is 2.00 bits per heavy atom. The van der Waals surface area contributed by atoms with E-state index in [0.29, 0.717) is 12.5 Å². The van der Waals surface area contributed by atoms with E-state index in [4.69, 9.17) is 11.5 Å². The normalized spacial score (nSPS) is 15.9. The number of nitrogens with zero attached hydrogens (tertiary/aromatic N) is 1. The molecule has 0 aromatic carbocycles. The third-order valence-electron chi connectivity index (χ3n) is 2.19. The van der Waals surface area contributed by atoms with E-state index in [0.717, 1.165) is 13.1 Å². The van der Waals surface area contributed by atoms with E-state index in [1.165, 1.54) is 0 Å². The Hall–Kier alpha value is -0.610. The van der Waals surface area contributed by atoms with Gasteiger partial charge in [0.1, 0.15) is 5.54 Å². The molecule has 0 aliphatic carbocycles. The van der Waals surface area contributed by atoms with Crippen molar-refractivity contribution < 1.29 is 4.79 Å². The first-order valence-electron chi connectivity index (χ1n) is 5.10. The molecule has 0 bridgehead atoms. The van der Waals surface area contributed by atoms with Crippen molar-refractivity contribution in [2.75, 3.05) is 19.6 Å². The Morgan fingerprint density at radius 1 is 1.50 bits per heavy atom. The number of carbonyl (C=O) groups is 1. The lowest BCUT2D eigenvalue weighted by Gasteiger charge is -2.30. The van der Waals surface area contributed by atoms with Crippen molar-refractivity contribution in [3.8, 4) is 0 Å². The fraction of sp³-hybridized carbons (Fsp3) is 0.900. The van der Waals surface area contributed by atoms with Gasteiger partial charge in [-0.2, -0.15) is 0 Å². The smallest absolute Gasteiger partial charge is 0.238 e. The maximum Gasteiger partial charge on any atom is 0.238 e. The number of nitrogens with two attached hydrogens (primary N) is 2. The van der Waals surface area contributed by atoms with Crippen LogP contribution in [-0.4, -0.2) is 36.0 Å². The minimum atomic E-state index is -0.926. The highest BCUT2D eigenvalue weighted by Crippen LogP contribution is 2.05. The monoisotopic (exact) mass is 201 g/mol. The van der Waals surface area contributed by atoms with E-state index in [2.05, 4.69) is 25.7 Å². The number of primary amides is 1. The molecule has 1 amide bonds. The van der Waals surface area contributed by atoms with Gasteiger partial charge in [-0.3, -0.25) is 4.79 Å². The summed E-state index contributed by atoms with van der Waals surface area (Å²) in [6, 6.07) is 0. The summed E-state index contributed by atoms with van der Waals surface area (Å²) in [5, 5.41) is 0. The van der Waals surface area contributed by atoms with E-state index < -0.39 is 11.4 Å². The van der Waals surface area contributed by atoms with Crippen LogP contribution in [0.4, 0.5) is 0 Å². The molecule has 0 aromatic rings. The zero-order valence-electron chi connectivity index (χ0n) is 9.71. The van der Waals surface area contributed by atoms with Crippen LogP contribution in [0.1, 0.15) is 27.7 Å². The molecule has 1 unspecified atom stereocenters. The number of rotatable bonds is 6. The topological polar surface area (TPSA) is 72.3 Å². The lowest BCUT2D eigenvalue weighted by molar-refractivity contribution is -0.123. The van der Waals surface area contributed by atoms with Gasteiger partial charge in [-0.05, 0) is 19.4 Å². The van der Waals surface area contributed by atoms with Crippen molar-refractivity contribution in [3.05, 3.63) is 0 Å². The van der Waals surface area contributed by atoms with E-state index in [1.807, 2.05) is 0 Å². The van der Waals surface area contributed by atoms with Crippen LogP contribution in [-0.2, 0) is 4.79 Å². The maximum absolute atomic E-state index is 11.0. The third-order valence-corrected chi connectivity index (χ3v) is 2.19. The summed E-state index contributed by atoms with van der Waals surface area (Å²) in [5.41, 5.74) is 10.1. The third kappa shape index (κ3) is 4.58. The number of hydrogen-bond donors (Lipinski definition) is 2. The summed E-state index contributed by atoms with van der Waals surface area (Å²) in [4.78, 5) is 13.2. The molecule has 0 saturated heterocycles. The van der Waals surface area contributed by atoms with Crippen molar-refractivity contribution in [3.63, 3.8) is 0 Å². The van der Waals surface area contributed by atoms with Gasteiger partial charge >= 0.3 is 0 Å². The van der Waals surface area contributed by atoms with Gasteiger partial charge in [0, 0.05) is 13.1 Å². The standard InChI is InChI=1S/C10H23N3O/c1-5-13(6-8(2)3)7-10(4,12)9(11)14/h8H,5-7,12H2,1-4H3,(H2,11,14).